The third kappa shape index (κ3) is 1.51. The molecule has 1 aromatic rings. The molecule has 0 spiro atoms. The highest BCUT2D eigenvalue weighted by molar-refractivity contribution is 14.1. The molecule has 0 saturated heterocycles. The standard InChI is InChI=1S/C6H7IN2O/c7-5-3-4(10)1-2-6(5)9-8/h1-3,9-10H,8H2. The van der Waals surface area contributed by atoms with Gasteiger partial charge < -0.3 is 10.5 Å². The smallest absolute Gasteiger partial charge is 0.116 e. The summed E-state index contributed by atoms with van der Waals surface area (Å²) in [4.78, 5) is 0. The van der Waals surface area contributed by atoms with E-state index in [0.717, 1.165) is 9.26 Å². The largest absolute Gasteiger partial charge is 0.508 e. The molecule has 0 aliphatic heterocycles. The van der Waals surface area contributed by atoms with Crippen LogP contribution in [0.5, 0.6) is 5.75 Å². The molecule has 0 saturated carbocycles. The highest BCUT2D eigenvalue weighted by atomic mass is 127. The first-order chi connectivity index (χ1) is 4.74. The normalized spacial score (nSPS) is 9.40. The zero-order valence-electron chi connectivity index (χ0n) is 5.13. The van der Waals surface area contributed by atoms with Crippen molar-refractivity contribution in [2.75, 3.05) is 5.43 Å². The van der Waals surface area contributed by atoms with E-state index in [-0.39, 0.29) is 5.75 Å². The minimum Gasteiger partial charge on any atom is -0.508 e. The van der Waals surface area contributed by atoms with Crippen LogP contribution in [0.2, 0.25) is 0 Å². The molecule has 4 N–H and O–H groups in total. The molecular weight excluding hydrogens is 243 g/mol. The number of hydrazine groups is 1. The fraction of sp³-hybridized carbons (Fsp3) is 0. The van der Waals surface area contributed by atoms with Gasteiger partial charge in [0.25, 0.3) is 0 Å². The number of nitrogens with two attached hydrogens (primary N) is 1. The van der Waals surface area contributed by atoms with Gasteiger partial charge >= 0.3 is 0 Å². The first kappa shape index (κ1) is 7.62. The van der Waals surface area contributed by atoms with Gasteiger partial charge in [-0.05, 0) is 40.8 Å². The maximum Gasteiger partial charge on any atom is 0.116 e. The van der Waals surface area contributed by atoms with Crippen molar-refractivity contribution >= 4 is 28.3 Å². The lowest BCUT2D eigenvalue weighted by molar-refractivity contribution is 0.475. The van der Waals surface area contributed by atoms with Gasteiger partial charge in [0.15, 0.2) is 0 Å². The van der Waals surface area contributed by atoms with Crippen LogP contribution in [0, 0.1) is 3.57 Å². The summed E-state index contributed by atoms with van der Waals surface area (Å²) < 4.78 is 0.903. The number of hydrogen-bond acceptors (Lipinski definition) is 3. The number of phenols is 1. The maximum atomic E-state index is 8.96. The molecule has 1 rings (SSSR count). The molecule has 10 heavy (non-hydrogen) atoms. The van der Waals surface area contributed by atoms with Crippen molar-refractivity contribution in [3.63, 3.8) is 0 Å². The Morgan fingerprint density at radius 2 is 2.20 bits per heavy atom. The van der Waals surface area contributed by atoms with Gasteiger partial charge in [-0.15, -0.1) is 0 Å². The van der Waals surface area contributed by atoms with Gasteiger partial charge in [0, 0.05) is 3.57 Å². The van der Waals surface area contributed by atoms with Crippen molar-refractivity contribution in [1.82, 2.24) is 0 Å². The third-order valence-corrected chi connectivity index (χ3v) is 2.00. The number of halogens is 1. The minimum atomic E-state index is 0.253. The molecule has 0 unspecified atom stereocenters. The van der Waals surface area contributed by atoms with Crippen LogP contribution in [0.3, 0.4) is 0 Å². The Bertz CT molecular complexity index is 239. The van der Waals surface area contributed by atoms with Crippen LogP contribution in [0.15, 0.2) is 18.2 Å². The molecule has 0 aliphatic rings. The quantitative estimate of drug-likeness (QED) is 0.304. The van der Waals surface area contributed by atoms with Gasteiger partial charge in [0.05, 0.1) is 5.69 Å². The monoisotopic (exact) mass is 250 g/mol. The lowest BCUT2D eigenvalue weighted by Crippen LogP contribution is -2.07. The highest BCUT2D eigenvalue weighted by Crippen LogP contribution is 2.21. The SMILES string of the molecule is NNc1ccc(O)cc1I. The van der Waals surface area contributed by atoms with Crippen molar-refractivity contribution in [1.29, 1.82) is 0 Å². The molecule has 54 valence electrons. The number of rotatable bonds is 1. The summed E-state index contributed by atoms with van der Waals surface area (Å²) in [6.45, 7) is 0. The summed E-state index contributed by atoms with van der Waals surface area (Å²) >= 11 is 2.08. The average molecular weight is 250 g/mol. The van der Waals surface area contributed by atoms with Gasteiger partial charge in [0.1, 0.15) is 5.75 Å². The average Bonchev–Trinajstić information content (AvgIpc) is 1.88. The Labute approximate surface area is 72.3 Å². The summed E-state index contributed by atoms with van der Waals surface area (Å²) in [5.74, 6) is 5.42. The minimum absolute atomic E-state index is 0.253. The van der Waals surface area contributed by atoms with Crippen molar-refractivity contribution in [2.45, 2.75) is 0 Å². The Morgan fingerprint density at radius 3 is 2.70 bits per heavy atom. The lowest BCUT2D eigenvalue weighted by atomic mass is 10.3. The highest BCUT2D eigenvalue weighted by Gasteiger charge is 1.96. The van der Waals surface area contributed by atoms with Gasteiger partial charge in [-0.3, -0.25) is 5.84 Å². The van der Waals surface area contributed by atoms with Crippen molar-refractivity contribution in [2.24, 2.45) is 5.84 Å². The van der Waals surface area contributed by atoms with Crippen molar-refractivity contribution < 1.29 is 5.11 Å². The molecule has 0 heterocycles. The van der Waals surface area contributed by atoms with Gasteiger partial charge in [-0.2, -0.15) is 0 Å². The van der Waals surface area contributed by atoms with E-state index >= 15 is 0 Å². The molecule has 0 radical (unpaired) electrons. The molecule has 0 amide bonds. The first-order valence-electron chi connectivity index (χ1n) is 2.69. The summed E-state index contributed by atoms with van der Waals surface area (Å²) in [6, 6.07) is 4.93. The summed E-state index contributed by atoms with van der Waals surface area (Å²) in [5.41, 5.74) is 3.32. The summed E-state index contributed by atoms with van der Waals surface area (Å²) in [6.07, 6.45) is 0. The second-order valence-electron chi connectivity index (χ2n) is 1.81. The van der Waals surface area contributed by atoms with Gasteiger partial charge in [-0.25, -0.2) is 0 Å². The summed E-state index contributed by atoms with van der Waals surface area (Å²) in [7, 11) is 0. The van der Waals surface area contributed by atoms with Crippen LogP contribution >= 0.6 is 22.6 Å². The Balaban J connectivity index is 3.07. The van der Waals surface area contributed by atoms with Gasteiger partial charge in [0.2, 0.25) is 0 Å². The molecule has 0 aromatic heterocycles. The van der Waals surface area contributed by atoms with E-state index in [4.69, 9.17) is 10.9 Å². The van der Waals surface area contributed by atoms with E-state index in [2.05, 4.69) is 28.0 Å². The zero-order chi connectivity index (χ0) is 7.56. The Hall–Kier alpha value is -0.490. The topological polar surface area (TPSA) is 58.3 Å². The fourth-order valence-corrected chi connectivity index (χ4v) is 1.28. The van der Waals surface area contributed by atoms with Crippen LogP contribution in [-0.2, 0) is 0 Å². The van der Waals surface area contributed by atoms with E-state index < -0.39 is 0 Å². The second kappa shape index (κ2) is 3.07. The number of anilines is 1. The van der Waals surface area contributed by atoms with Crippen molar-refractivity contribution in [3.05, 3.63) is 21.8 Å². The van der Waals surface area contributed by atoms with Crippen LogP contribution < -0.4 is 11.3 Å². The van der Waals surface area contributed by atoms with Crippen molar-refractivity contribution in [3.8, 4) is 5.75 Å². The molecule has 3 nitrogen and oxygen atoms in total. The van der Waals surface area contributed by atoms with Crippen LogP contribution in [0.25, 0.3) is 0 Å². The molecule has 0 aliphatic carbocycles. The Morgan fingerprint density at radius 1 is 1.50 bits per heavy atom. The number of nitrogens with one attached hydrogen (secondary N) is 1. The maximum absolute atomic E-state index is 8.96. The van der Waals surface area contributed by atoms with Gasteiger partial charge in [-0.1, -0.05) is 0 Å². The Kier molecular flexibility index (Phi) is 2.34. The van der Waals surface area contributed by atoms with E-state index in [0.29, 0.717) is 0 Å². The predicted octanol–water partition coefficient (Wildman–Crippen LogP) is 1.28. The van der Waals surface area contributed by atoms with Crippen LogP contribution in [0.1, 0.15) is 0 Å². The first-order valence-corrected chi connectivity index (χ1v) is 3.77. The van der Waals surface area contributed by atoms with E-state index in [1.165, 1.54) is 0 Å². The number of nitrogen functional groups attached to an aromatic ring is 1. The summed E-state index contributed by atoms with van der Waals surface area (Å²) in [5, 5.41) is 8.96. The molecular formula is C6H7IN2O. The number of aromatic hydroxyl groups is 1. The van der Waals surface area contributed by atoms with Crippen LogP contribution in [0.4, 0.5) is 5.69 Å². The molecule has 0 bridgehead atoms. The molecule has 4 heteroatoms. The lowest BCUT2D eigenvalue weighted by Gasteiger charge is -2.01. The number of phenolic OH excluding ortho intramolecular Hbond substituents is 1. The molecule has 1 aromatic carbocycles. The van der Waals surface area contributed by atoms with Crippen LogP contribution in [-0.4, -0.2) is 5.11 Å². The van der Waals surface area contributed by atoms with E-state index in [9.17, 15) is 0 Å². The zero-order valence-corrected chi connectivity index (χ0v) is 7.29. The van der Waals surface area contributed by atoms with E-state index in [1.54, 1.807) is 18.2 Å². The second-order valence-corrected chi connectivity index (χ2v) is 2.97. The fourth-order valence-electron chi connectivity index (χ4n) is 0.621. The number of hydrogen-bond donors (Lipinski definition) is 3. The van der Waals surface area contributed by atoms with E-state index in [1.807, 2.05) is 0 Å². The molecule has 0 fully saturated rings. The molecule has 0 atom stereocenters. The predicted molar refractivity (Wildman–Crippen MR) is 48.6 cm³/mol. The number of benzene rings is 1. The third-order valence-electron chi connectivity index (χ3n) is 1.11.